The number of halogens is 4. The number of hydrogen-bond donors (Lipinski definition) is 2. The Balaban J connectivity index is 2.49. The third kappa shape index (κ3) is 2.09. The summed E-state index contributed by atoms with van der Waals surface area (Å²) in [6.45, 7) is 0. The fraction of sp³-hybridized carbons (Fsp3) is 0.455. The van der Waals surface area contributed by atoms with Crippen LogP contribution in [0.2, 0.25) is 0 Å². The molecule has 0 radical (unpaired) electrons. The van der Waals surface area contributed by atoms with E-state index in [1.165, 1.54) is 12.1 Å². The first-order valence-electron chi connectivity index (χ1n) is 5.08. The van der Waals surface area contributed by atoms with Crippen molar-refractivity contribution < 1.29 is 18.3 Å². The number of aliphatic hydroxyl groups excluding tert-OH is 1. The molecule has 0 spiro atoms. The van der Waals surface area contributed by atoms with Crippen molar-refractivity contribution in [1.29, 1.82) is 0 Å². The first-order chi connectivity index (χ1) is 7.87. The molecule has 0 aromatic heterocycles. The summed E-state index contributed by atoms with van der Waals surface area (Å²) in [4.78, 5) is 0. The zero-order chi connectivity index (χ0) is 12.8. The van der Waals surface area contributed by atoms with E-state index in [2.05, 4.69) is 15.9 Å². The first-order valence-corrected chi connectivity index (χ1v) is 5.87. The van der Waals surface area contributed by atoms with Crippen molar-refractivity contribution in [2.24, 2.45) is 11.7 Å². The van der Waals surface area contributed by atoms with Crippen LogP contribution in [0.25, 0.3) is 0 Å². The highest BCUT2D eigenvalue weighted by molar-refractivity contribution is 9.10. The van der Waals surface area contributed by atoms with Gasteiger partial charge >= 0.3 is 0 Å². The van der Waals surface area contributed by atoms with Gasteiger partial charge in [-0.3, -0.25) is 0 Å². The third-order valence-electron chi connectivity index (χ3n) is 3.13. The molecule has 1 fully saturated rings. The maximum Gasteiger partial charge on any atom is 0.260 e. The fourth-order valence-electron chi connectivity index (χ4n) is 2.00. The van der Waals surface area contributed by atoms with Crippen LogP contribution in [0.1, 0.15) is 12.0 Å². The van der Waals surface area contributed by atoms with Crippen molar-refractivity contribution in [1.82, 2.24) is 0 Å². The second kappa shape index (κ2) is 4.26. The Labute approximate surface area is 105 Å². The third-order valence-corrected chi connectivity index (χ3v) is 3.62. The Kier molecular flexibility index (Phi) is 3.22. The van der Waals surface area contributed by atoms with E-state index in [1.54, 1.807) is 0 Å². The zero-order valence-electron chi connectivity index (χ0n) is 8.71. The summed E-state index contributed by atoms with van der Waals surface area (Å²) < 4.78 is 40.4. The molecule has 17 heavy (non-hydrogen) atoms. The molecule has 1 saturated carbocycles. The molecular formula is C11H11BrF3NO. The molecular weight excluding hydrogens is 299 g/mol. The summed E-state index contributed by atoms with van der Waals surface area (Å²) in [5.74, 6) is -1.58. The molecule has 0 bridgehead atoms. The summed E-state index contributed by atoms with van der Waals surface area (Å²) in [7, 11) is 0. The van der Waals surface area contributed by atoms with Gasteiger partial charge in [-0.05, 0) is 24.6 Å². The van der Waals surface area contributed by atoms with Crippen LogP contribution in [0, 0.1) is 11.7 Å². The number of alkyl halides is 2. The number of rotatable bonds is 3. The van der Waals surface area contributed by atoms with E-state index >= 15 is 0 Å². The van der Waals surface area contributed by atoms with E-state index in [4.69, 9.17) is 5.73 Å². The van der Waals surface area contributed by atoms with Gasteiger partial charge in [0.2, 0.25) is 0 Å². The lowest BCUT2D eigenvalue weighted by Crippen LogP contribution is -2.47. The highest BCUT2D eigenvalue weighted by Crippen LogP contribution is 2.48. The smallest absolute Gasteiger partial charge is 0.260 e. The Morgan fingerprint density at radius 2 is 2.06 bits per heavy atom. The highest BCUT2D eigenvalue weighted by Gasteiger charge is 2.57. The number of benzene rings is 1. The zero-order valence-corrected chi connectivity index (χ0v) is 10.3. The minimum Gasteiger partial charge on any atom is -0.393 e. The predicted octanol–water partition coefficient (Wildman–Crippen LogP) is 2.39. The number of nitrogens with two attached hydrogens (primary N) is 1. The van der Waals surface area contributed by atoms with E-state index in [-0.39, 0.29) is 12.0 Å². The molecule has 0 aliphatic heterocycles. The van der Waals surface area contributed by atoms with Gasteiger partial charge in [0.05, 0.1) is 6.10 Å². The number of hydrogen-bond acceptors (Lipinski definition) is 2. The van der Waals surface area contributed by atoms with E-state index in [1.807, 2.05) is 0 Å². The van der Waals surface area contributed by atoms with Gasteiger partial charge in [0, 0.05) is 16.0 Å². The highest BCUT2D eigenvalue weighted by atomic mass is 79.9. The molecule has 0 saturated heterocycles. The summed E-state index contributed by atoms with van der Waals surface area (Å²) >= 11 is 3.09. The van der Waals surface area contributed by atoms with Crippen LogP contribution < -0.4 is 5.73 Å². The van der Waals surface area contributed by atoms with E-state index in [9.17, 15) is 18.3 Å². The molecule has 1 aliphatic rings. The molecule has 94 valence electrons. The average molecular weight is 310 g/mol. The van der Waals surface area contributed by atoms with Gasteiger partial charge in [-0.15, -0.1) is 0 Å². The molecule has 2 nitrogen and oxygen atoms in total. The van der Waals surface area contributed by atoms with Gasteiger partial charge in [0.1, 0.15) is 11.4 Å². The summed E-state index contributed by atoms with van der Waals surface area (Å²) in [6, 6.07) is 3.73. The Morgan fingerprint density at radius 3 is 2.53 bits per heavy atom. The second-order valence-electron chi connectivity index (χ2n) is 4.27. The summed E-state index contributed by atoms with van der Waals surface area (Å²) in [6.07, 6.45) is -3.65. The van der Waals surface area contributed by atoms with E-state index in [0.717, 1.165) is 6.07 Å². The van der Waals surface area contributed by atoms with Crippen molar-refractivity contribution in [2.75, 3.05) is 0 Å². The molecule has 1 aromatic rings. The minimum atomic E-state index is -2.94. The lowest BCUT2D eigenvalue weighted by atomic mass is 9.85. The lowest BCUT2D eigenvalue weighted by Gasteiger charge is -2.29. The second-order valence-corrected chi connectivity index (χ2v) is 5.18. The van der Waals surface area contributed by atoms with Crippen LogP contribution in [0.15, 0.2) is 22.7 Å². The Hall–Kier alpha value is -0.590. The summed E-state index contributed by atoms with van der Waals surface area (Å²) in [5.41, 5.74) is 3.26. The van der Waals surface area contributed by atoms with Crippen LogP contribution in [-0.4, -0.2) is 17.6 Å². The Morgan fingerprint density at radius 1 is 1.47 bits per heavy atom. The monoisotopic (exact) mass is 309 g/mol. The maximum atomic E-state index is 13.6. The van der Waals surface area contributed by atoms with Crippen LogP contribution in [-0.2, 0) is 5.54 Å². The average Bonchev–Trinajstić information content (AvgIpc) is 2.98. The molecule has 3 atom stereocenters. The van der Waals surface area contributed by atoms with Crippen molar-refractivity contribution in [3.05, 3.63) is 34.1 Å². The molecule has 3 N–H and O–H groups in total. The molecule has 2 rings (SSSR count). The van der Waals surface area contributed by atoms with Crippen molar-refractivity contribution in [3.8, 4) is 0 Å². The largest absolute Gasteiger partial charge is 0.393 e. The maximum absolute atomic E-state index is 13.6. The van der Waals surface area contributed by atoms with Crippen LogP contribution in [0.3, 0.4) is 0 Å². The lowest BCUT2D eigenvalue weighted by molar-refractivity contribution is 0.0261. The summed E-state index contributed by atoms with van der Waals surface area (Å²) in [5, 5.41) is 9.28. The van der Waals surface area contributed by atoms with Crippen LogP contribution >= 0.6 is 15.9 Å². The van der Waals surface area contributed by atoms with Gasteiger partial charge in [-0.1, -0.05) is 15.9 Å². The van der Waals surface area contributed by atoms with Gasteiger partial charge in [0.25, 0.3) is 6.43 Å². The van der Waals surface area contributed by atoms with Crippen molar-refractivity contribution >= 4 is 15.9 Å². The molecule has 1 aromatic carbocycles. The molecule has 6 heteroatoms. The molecule has 1 aliphatic carbocycles. The van der Waals surface area contributed by atoms with Crippen LogP contribution in [0.4, 0.5) is 13.2 Å². The van der Waals surface area contributed by atoms with Crippen molar-refractivity contribution in [3.63, 3.8) is 0 Å². The van der Waals surface area contributed by atoms with Gasteiger partial charge in [-0.25, -0.2) is 13.2 Å². The topological polar surface area (TPSA) is 46.2 Å². The van der Waals surface area contributed by atoms with E-state index in [0.29, 0.717) is 4.47 Å². The van der Waals surface area contributed by atoms with Gasteiger partial charge in [-0.2, -0.15) is 0 Å². The van der Waals surface area contributed by atoms with Gasteiger partial charge in [0.15, 0.2) is 0 Å². The standard InChI is InChI=1S/C11H11BrF3NO/c12-5-1-2-8(13)6(3-5)11(16,10(14)15)7-4-9(7)17/h1-3,7,9-10,17H,4,16H2. The van der Waals surface area contributed by atoms with Crippen LogP contribution in [0.5, 0.6) is 0 Å². The molecule has 0 amide bonds. The SMILES string of the molecule is NC(c1cc(Br)ccc1F)(C(F)F)C1CC1O. The normalized spacial score (nSPS) is 27.0. The Bertz CT molecular complexity index is 443. The van der Waals surface area contributed by atoms with Crippen molar-refractivity contribution in [2.45, 2.75) is 24.5 Å². The molecule has 0 heterocycles. The molecule has 3 unspecified atom stereocenters. The number of aliphatic hydroxyl groups is 1. The minimum absolute atomic E-state index is 0.173. The fourth-order valence-corrected chi connectivity index (χ4v) is 2.36. The predicted molar refractivity (Wildman–Crippen MR) is 60.1 cm³/mol. The first kappa shape index (κ1) is 12.9. The van der Waals surface area contributed by atoms with E-state index < -0.39 is 29.8 Å². The van der Waals surface area contributed by atoms with Gasteiger partial charge < -0.3 is 10.8 Å². The quantitative estimate of drug-likeness (QED) is 0.900.